The standard InChI is InChI=1S/C60H73F3N12O16/c1-82-50-38-67-58(54-53(50)47(37-66-54)55(79)59(80)73-14-8-43(9-15-73)46(36-64)42-6-3-2-4-7-42)75-41-68-57(70-75)60(81)72(16-18-76)13-5-12-65-51(77)10-19-83-22-25-86-30-31-89-32-33-90-40-45-39-74(71-69-45)17-21-85-24-27-88-29-28-87-26-23-84-20-11-52(78)91-56-48(62)34-44(61)35-49(56)63/h2-4,6-7,34-35,37-39,41,66,76H,5,8-33,40H2,1H3,(H,65,77). The molecule has 0 bridgehead atoms. The number of halogens is 3. The van der Waals surface area contributed by atoms with E-state index in [-0.39, 0.29) is 126 Å². The molecule has 4 aromatic heterocycles. The number of rotatable bonds is 42. The summed E-state index contributed by atoms with van der Waals surface area (Å²) in [5, 5.41) is 35.3. The Kier molecular flexibility index (Phi) is 29.3. The first-order chi connectivity index (χ1) is 44.4. The molecule has 7 rings (SSSR count). The number of pyridine rings is 1. The summed E-state index contributed by atoms with van der Waals surface area (Å²) in [6, 6.07) is 12.5. The number of methoxy groups -OCH3 is 1. The van der Waals surface area contributed by atoms with Gasteiger partial charge in [0.2, 0.25) is 17.5 Å². The van der Waals surface area contributed by atoms with Crippen LogP contribution < -0.4 is 14.8 Å². The molecule has 91 heavy (non-hydrogen) atoms. The number of aromatic amines is 1. The fourth-order valence-electron chi connectivity index (χ4n) is 9.06. The van der Waals surface area contributed by atoms with Gasteiger partial charge < -0.3 is 72.6 Å². The molecule has 0 radical (unpaired) electrons. The van der Waals surface area contributed by atoms with E-state index < -0.39 is 46.8 Å². The van der Waals surface area contributed by atoms with Crippen LogP contribution in [-0.2, 0) is 65.4 Å². The van der Waals surface area contributed by atoms with Crippen molar-refractivity contribution in [3.05, 3.63) is 113 Å². The number of hydrogen-bond donors (Lipinski definition) is 3. The number of fused-ring (bicyclic) bond motifs is 1. The van der Waals surface area contributed by atoms with Gasteiger partial charge in [-0.25, -0.2) is 27.8 Å². The van der Waals surface area contributed by atoms with Crippen molar-refractivity contribution in [2.75, 3.05) is 146 Å². The lowest BCUT2D eigenvalue weighted by Crippen LogP contribution is -2.40. The van der Waals surface area contributed by atoms with E-state index >= 15 is 0 Å². The van der Waals surface area contributed by atoms with E-state index in [4.69, 9.17) is 42.6 Å². The molecular weight excluding hydrogens is 1200 g/mol. The van der Waals surface area contributed by atoms with Gasteiger partial charge in [0.25, 0.3) is 17.6 Å². The van der Waals surface area contributed by atoms with Crippen molar-refractivity contribution in [2.24, 2.45) is 0 Å². The number of nitrogens with zero attached hydrogens (tertiary/aromatic N) is 10. The minimum Gasteiger partial charge on any atom is -0.494 e. The third-order valence-corrected chi connectivity index (χ3v) is 13.6. The van der Waals surface area contributed by atoms with E-state index in [0.717, 1.165) is 11.1 Å². The largest absolute Gasteiger partial charge is 0.494 e. The van der Waals surface area contributed by atoms with Crippen LogP contribution in [0.3, 0.4) is 0 Å². The second kappa shape index (κ2) is 38.2. The van der Waals surface area contributed by atoms with E-state index in [1.807, 2.05) is 30.3 Å². The topological polar surface area (TPSA) is 330 Å². The van der Waals surface area contributed by atoms with Crippen molar-refractivity contribution in [2.45, 2.75) is 45.3 Å². The summed E-state index contributed by atoms with van der Waals surface area (Å²) in [6.07, 6.45) is 6.91. The average molecular weight is 1280 g/mol. The fourth-order valence-corrected chi connectivity index (χ4v) is 9.06. The molecule has 490 valence electrons. The van der Waals surface area contributed by atoms with E-state index in [1.54, 1.807) is 10.9 Å². The number of allylic oxidation sites excluding steroid dienone is 1. The lowest BCUT2D eigenvalue weighted by atomic mass is 9.93. The molecular formula is C60H73F3N12O16. The van der Waals surface area contributed by atoms with Gasteiger partial charge >= 0.3 is 5.97 Å². The molecule has 0 unspecified atom stereocenters. The molecule has 1 aliphatic heterocycles. The Balaban J connectivity index is 0.663. The van der Waals surface area contributed by atoms with Gasteiger partial charge in [0, 0.05) is 57.5 Å². The zero-order valence-electron chi connectivity index (χ0n) is 50.3. The van der Waals surface area contributed by atoms with Crippen molar-refractivity contribution in [1.82, 2.24) is 54.8 Å². The number of likely N-dealkylation sites (tertiary alicyclic amines) is 1. The highest BCUT2D eigenvalue weighted by Crippen LogP contribution is 2.33. The van der Waals surface area contributed by atoms with Crippen molar-refractivity contribution in [3.8, 4) is 23.4 Å². The average Bonchev–Trinajstić information content (AvgIpc) is 1.73. The zero-order chi connectivity index (χ0) is 64.6. The summed E-state index contributed by atoms with van der Waals surface area (Å²) in [4.78, 5) is 79.9. The molecule has 31 heteroatoms. The third kappa shape index (κ3) is 22.1. The number of carbonyl (C=O) groups is 5. The smallest absolute Gasteiger partial charge is 0.313 e. The minimum absolute atomic E-state index is 0.0200. The number of nitriles is 1. The minimum atomic E-state index is -1.32. The highest BCUT2D eigenvalue weighted by Gasteiger charge is 2.31. The van der Waals surface area contributed by atoms with Gasteiger partial charge in [-0.3, -0.25) is 24.0 Å². The van der Waals surface area contributed by atoms with E-state index in [2.05, 4.69) is 46.5 Å². The number of piperidine rings is 1. The van der Waals surface area contributed by atoms with Gasteiger partial charge in [0.15, 0.2) is 17.5 Å². The maximum absolute atomic E-state index is 13.8. The van der Waals surface area contributed by atoms with Crippen LogP contribution in [0.15, 0.2) is 73.0 Å². The molecule has 0 atom stereocenters. The number of esters is 1. The lowest BCUT2D eigenvalue weighted by molar-refractivity contribution is -0.136. The monoisotopic (exact) mass is 1270 g/mol. The summed E-state index contributed by atoms with van der Waals surface area (Å²) in [7, 11) is 1.41. The van der Waals surface area contributed by atoms with Gasteiger partial charge in [-0.2, -0.15) is 9.94 Å². The molecule has 1 fully saturated rings. The molecule has 5 heterocycles. The van der Waals surface area contributed by atoms with Crippen LogP contribution in [0.1, 0.15) is 64.3 Å². The molecule has 1 aliphatic rings. The van der Waals surface area contributed by atoms with Gasteiger partial charge in [-0.05, 0) is 30.4 Å². The van der Waals surface area contributed by atoms with Crippen LogP contribution in [-0.4, -0.2) is 230 Å². The Hall–Kier alpha value is -8.58. The number of nitrogens with one attached hydrogen (secondary N) is 2. The Morgan fingerprint density at radius 1 is 0.780 bits per heavy atom. The van der Waals surface area contributed by atoms with Crippen molar-refractivity contribution < 1.29 is 89.6 Å². The molecule has 0 spiro atoms. The number of Topliss-reactive ketones (excluding diaryl/α,β-unsaturated/α-hetero) is 1. The number of benzene rings is 2. The van der Waals surface area contributed by atoms with Gasteiger partial charge in [-0.15, -0.1) is 10.2 Å². The number of aliphatic hydroxyl groups is 1. The number of H-pyrrole nitrogens is 1. The number of carbonyl (C=O) groups excluding carboxylic acids is 5. The number of ketones is 1. The van der Waals surface area contributed by atoms with Crippen molar-refractivity contribution >= 4 is 46.0 Å². The highest BCUT2D eigenvalue weighted by atomic mass is 19.1. The fraction of sp³-hybridized carbons (Fsp3) is 0.483. The predicted molar refractivity (Wildman–Crippen MR) is 314 cm³/mol. The number of aliphatic hydroxyl groups excluding tert-OH is 1. The van der Waals surface area contributed by atoms with Crippen LogP contribution in [0.2, 0.25) is 0 Å². The van der Waals surface area contributed by atoms with Gasteiger partial charge in [-0.1, -0.05) is 35.5 Å². The van der Waals surface area contributed by atoms with Crippen LogP contribution in [0.5, 0.6) is 11.5 Å². The van der Waals surface area contributed by atoms with Crippen LogP contribution >= 0.6 is 0 Å². The molecule has 28 nitrogen and oxygen atoms in total. The number of amides is 3. The molecule has 0 aliphatic carbocycles. The van der Waals surface area contributed by atoms with Crippen LogP contribution in [0, 0.1) is 28.8 Å². The lowest BCUT2D eigenvalue weighted by Gasteiger charge is -2.28. The Labute approximate surface area is 521 Å². The molecule has 6 aromatic rings. The maximum atomic E-state index is 13.8. The number of ether oxygens (including phenoxy) is 10. The molecule has 3 N–H and O–H groups in total. The second-order valence-electron chi connectivity index (χ2n) is 19.9. The highest BCUT2D eigenvalue weighted by molar-refractivity contribution is 6.45. The van der Waals surface area contributed by atoms with Gasteiger partial charge in [0.05, 0.1) is 173 Å². The van der Waals surface area contributed by atoms with E-state index in [1.165, 1.54) is 40.3 Å². The summed E-state index contributed by atoms with van der Waals surface area (Å²) in [5.41, 5.74) is 3.31. The Morgan fingerprint density at radius 3 is 2.02 bits per heavy atom. The maximum Gasteiger partial charge on any atom is 0.313 e. The molecule has 0 saturated carbocycles. The van der Waals surface area contributed by atoms with Crippen molar-refractivity contribution in [3.63, 3.8) is 0 Å². The second-order valence-corrected chi connectivity index (χ2v) is 19.9. The third-order valence-electron chi connectivity index (χ3n) is 13.6. The summed E-state index contributed by atoms with van der Waals surface area (Å²) in [5.74, 6) is -7.74. The first kappa shape index (κ1) is 69.9. The number of aromatic nitrogens is 8. The number of hydrogen-bond acceptors (Lipinski definition) is 22. The van der Waals surface area contributed by atoms with Crippen molar-refractivity contribution in [1.29, 1.82) is 5.26 Å². The summed E-state index contributed by atoms with van der Waals surface area (Å²) in [6.45, 7) is 5.50. The summed E-state index contributed by atoms with van der Waals surface area (Å²) >= 11 is 0. The summed E-state index contributed by atoms with van der Waals surface area (Å²) < 4.78 is 97.2. The van der Waals surface area contributed by atoms with E-state index in [9.17, 15) is 47.5 Å². The van der Waals surface area contributed by atoms with Gasteiger partial charge in [0.1, 0.15) is 23.6 Å². The van der Waals surface area contributed by atoms with Crippen LogP contribution in [0.25, 0.3) is 22.3 Å². The SMILES string of the molecule is COc1cnc(-n2cnc(C(=O)N(CCO)CCCNC(=O)CCOCCOCCOCCOCc3cn(CCOCCOCCOCCOCCC(=O)Oc4c(F)cc(F)cc4F)nn3)n2)c2[nH]cc(C(=O)C(=O)N3CCC(=C(C#N)c4ccccc4)CC3)c12. The molecule has 3 amide bonds. The molecule has 1 saturated heterocycles. The Bertz CT molecular complexity index is 3350. The normalized spacial score (nSPS) is 12.3. The van der Waals surface area contributed by atoms with E-state index in [0.29, 0.717) is 121 Å². The first-order valence-corrected chi connectivity index (χ1v) is 29.4. The zero-order valence-corrected chi connectivity index (χ0v) is 50.3. The quantitative estimate of drug-likeness (QED) is 0.0123. The first-order valence-electron chi connectivity index (χ1n) is 29.4. The predicted octanol–water partition coefficient (Wildman–Crippen LogP) is 3.60. The Morgan fingerprint density at radius 2 is 1.40 bits per heavy atom. The molecule has 2 aromatic carbocycles. The van der Waals surface area contributed by atoms with Crippen LogP contribution in [0.4, 0.5) is 13.2 Å².